The fraction of sp³-hybridized carbons (Fsp3) is 0. The van der Waals surface area contributed by atoms with Crippen molar-refractivity contribution in [2.45, 2.75) is 9.79 Å². The number of aromatic nitrogens is 2. The van der Waals surface area contributed by atoms with Crippen LogP contribution in [0.2, 0.25) is 0 Å². The molecule has 0 saturated heterocycles. The van der Waals surface area contributed by atoms with Gasteiger partial charge in [-0.15, -0.1) is 0 Å². The van der Waals surface area contributed by atoms with Gasteiger partial charge in [-0.2, -0.15) is 0 Å². The maximum Gasteiger partial charge on any atom is 0.354 e. The van der Waals surface area contributed by atoms with Gasteiger partial charge in [-0.1, -0.05) is 36.4 Å². The minimum Gasteiger partial charge on any atom is -0.477 e. The fourth-order valence-electron chi connectivity index (χ4n) is 4.27. The van der Waals surface area contributed by atoms with Crippen molar-refractivity contribution in [1.29, 1.82) is 0 Å². The SMILES string of the molecule is O=C(O)c1cc(-c2ccc(S(=O)(=O)Cl)cc2)c2ccc3c(-c4ccc(S(=O)(=O)Cl)cc4)cc(C(=O)O)nc3c2n1. The summed E-state index contributed by atoms with van der Waals surface area (Å²) in [5, 5.41) is 20.4. The van der Waals surface area contributed by atoms with Crippen molar-refractivity contribution in [1.82, 2.24) is 9.97 Å². The van der Waals surface area contributed by atoms with E-state index >= 15 is 0 Å². The molecule has 0 aliphatic carbocycles. The van der Waals surface area contributed by atoms with Crippen LogP contribution in [0.3, 0.4) is 0 Å². The van der Waals surface area contributed by atoms with Gasteiger partial charge in [0.15, 0.2) is 0 Å². The average Bonchev–Trinajstić information content (AvgIpc) is 2.90. The van der Waals surface area contributed by atoms with Crippen molar-refractivity contribution in [3.05, 3.63) is 84.2 Å². The Balaban J connectivity index is 1.84. The Labute approximate surface area is 235 Å². The molecule has 2 N–H and O–H groups in total. The van der Waals surface area contributed by atoms with Crippen molar-refractivity contribution >= 4 is 73.2 Å². The number of pyridine rings is 2. The van der Waals surface area contributed by atoms with Gasteiger partial charge in [0.25, 0.3) is 18.1 Å². The molecule has 0 aliphatic rings. The second-order valence-electron chi connectivity index (χ2n) is 8.50. The topological polar surface area (TPSA) is 169 Å². The van der Waals surface area contributed by atoms with E-state index in [1.54, 1.807) is 12.1 Å². The van der Waals surface area contributed by atoms with Gasteiger partial charge in [-0.25, -0.2) is 36.4 Å². The zero-order chi connectivity index (χ0) is 29.0. The molecule has 0 spiro atoms. The Morgan fingerprint density at radius 3 is 1.18 bits per heavy atom. The fourth-order valence-corrected chi connectivity index (χ4v) is 5.81. The lowest BCUT2D eigenvalue weighted by Gasteiger charge is -2.14. The third-order valence-electron chi connectivity index (χ3n) is 6.09. The van der Waals surface area contributed by atoms with E-state index in [9.17, 15) is 36.6 Å². The van der Waals surface area contributed by atoms with Crippen molar-refractivity contribution in [3.63, 3.8) is 0 Å². The Bertz CT molecular complexity index is 1950. The van der Waals surface area contributed by atoms with Crippen LogP contribution in [0.1, 0.15) is 21.0 Å². The molecule has 202 valence electrons. The second kappa shape index (κ2) is 9.82. The predicted octanol–water partition coefficient (Wildman–Crippen LogP) is 5.37. The molecule has 0 radical (unpaired) electrons. The number of carbonyl (C=O) groups is 2. The number of aromatic carboxylic acids is 2. The van der Waals surface area contributed by atoms with E-state index in [1.165, 1.54) is 60.7 Å². The zero-order valence-corrected chi connectivity index (χ0v) is 22.9. The molecule has 5 aromatic rings. The molecule has 40 heavy (non-hydrogen) atoms. The standard InChI is InChI=1S/C26H14Cl2N2O8S2/c27-39(35,36)15-5-1-13(2-6-15)19-11-21(25(31)32)29-23-17(19)9-10-18-20(12-22(26(33)34)30-24(18)23)14-3-7-16(8-4-14)40(28,37)38/h1-12H,(H,31,32)(H,33,34). The molecule has 2 aromatic heterocycles. The number of hydrogen-bond donors (Lipinski definition) is 2. The lowest BCUT2D eigenvalue weighted by atomic mass is 9.95. The Morgan fingerprint density at radius 2 is 0.900 bits per heavy atom. The molecule has 0 saturated carbocycles. The van der Waals surface area contributed by atoms with Crippen LogP contribution < -0.4 is 0 Å². The van der Waals surface area contributed by atoms with Gasteiger partial charge in [0.05, 0.1) is 20.8 Å². The summed E-state index contributed by atoms with van der Waals surface area (Å²) in [7, 11) is 2.84. The largest absolute Gasteiger partial charge is 0.477 e. The van der Waals surface area contributed by atoms with Crippen molar-refractivity contribution < 1.29 is 36.6 Å². The molecule has 10 nitrogen and oxygen atoms in total. The zero-order valence-electron chi connectivity index (χ0n) is 19.7. The van der Waals surface area contributed by atoms with Crippen molar-refractivity contribution in [3.8, 4) is 22.3 Å². The highest BCUT2D eigenvalue weighted by Gasteiger charge is 2.20. The number of halogens is 2. The third kappa shape index (κ3) is 5.09. The number of rotatable bonds is 6. The van der Waals surface area contributed by atoms with Crippen LogP contribution in [0.4, 0.5) is 0 Å². The van der Waals surface area contributed by atoms with E-state index in [0.717, 1.165) is 0 Å². The quantitative estimate of drug-likeness (QED) is 0.187. The minimum atomic E-state index is -3.99. The van der Waals surface area contributed by atoms with Crippen LogP contribution >= 0.6 is 21.4 Å². The van der Waals surface area contributed by atoms with Crippen LogP contribution in [0.25, 0.3) is 44.1 Å². The average molecular weight is 617 g/mol. The first-order valence-electron chi connectivity index (χ1n) is 11.1. The Kier molecular flexibility index (Phi) is 6.74. The van der Waals surface area contributed by atoms with E-state index in [2.05, 4.69) is 9.97 Å². The van der Waals surface area contributed by atoms with Crippen LogP contribution in [-0.2, 0) is 18.1 Å². The number of fused-ring (bicyclic) bond motifs is 3. The molecule has 0 unspecified atom stereocenters. The first-order chi connectivity index (χ1) is 18.7. The first-order valence-corrected chi connectivity index (χ1v) is 15.7. The van der Waals surface area contributed by atoms with Crippen LogP contribution in [-0.4, -0.2) is 49.0 Å². The molecule has 0 atom stereocenters. The van der Waals surface area contributed by atoms with Gasteiger partial charge in [0.2, 0.25) is 0 Å². The van der Waals surface area contributed by atoms with E-state index in [1.807, 2.05) is 0 Å². The highest BCUT2D eigenvalue weighted by Crippen LogP contribution is 2.37. The lowest BCUT2D eigenvalue weighted by molar-refractivity contribution is 0.0680. The summed E-state index contributed by atoms with van der Waals surface area (Å²) in [5.41, 5.74) is 1.12. The van der Waals surface area contributed by atoms with Gasteiger partial charge in [-0.3, -0.25) is 0 Å². The number of carboxylic acids is 2. The van der Waals surface area contributed by atoms with Gasteiger partial charge in [0, 0.05) is 32.1 Å². The molecule has 0 fully saturated rings. The molecule has 0 aliphatic heterocycles. The van der Waals surface area contributed by atoms with E-state index in [0.29, 0.717) is 33.0 Å². The Hall–Kier alpha value is -4.10. The molecular weight excluding hydrogens is 603 g/mol. The normalized spacial score (nSPS) is 12.1. The molecule has 0 bridgehead atoms. The minimum absolute atomic E-state index is 0.0887. The van der Waals surface area contributed by atoms with Gasteiger partial charge < -0.3 is 10.2 Å². The Morgan fingerprint density at radius 1 is 0.575 bits per heavy atom. The van der Waals surface area contributed by atoms with Gasteiger partial charge >= 0.3 is 11.9 Å². The van der Waals surface area contributed by atoms with Crippen molar-refractivity contribution in [2.24, 2.45) is 0 Å². The summed E-state index contributed by atoms with van der Waals surface area (Å²) < 4.78 is 46.7. The van der Waals surface area contributed by atoms with E-state index in [-0.39, 0.29) is 32.2 Å². The molecular formula is C26H14Cl2N2O8S2. The summed E-state index contributed by atoms with van der Waals surface area (Å²) in [6.45, 7) is 0. The third-order valence-corrected chi connectivity index (χ3v) is 8.83. The number of carboxylic acid groups (broad SMARTS) is 2. The predicted molar refractivity (Wildman–Crippen MR) is 148 cm³/mol. The number of hydrogen-bond acceptors (Lipinski definition) is 8. The van der Waals surface area contributed by atoms with Crippen LogP contribution in [0.5, 0.6) is 0 Å². The highest BCUT2D eigenvalue weighted by atomic mass is 35.7. The summed E-state index contributed by atoms with van der Waals surface area (Å²) in [6, 6.07) is 16.9. The van der Waals surface area contributed by atoms with Gasteiger partial charge in [0.1, 0.15) is 11.4 Å². The van der Waals surface area contributed by atoms with Crippen molar-refractivity contribution in [2.75, 3.05) is 0 Å². The number of benzene rings is 3. The molecule has 0 amide bonds. The smallest absolute Gasteiger partial charge is 0.354 e. The number of nitrogens with zero attached hydrogens (tertiary/aromatic N) is 2. The van der Waals surface area contributed by atoms with Crippen LogP contribution in [0.15, 0.2) is 82.6 Å². The van der Waals surface area contributed by atoms with E-state index < -0.39 is 30.0 Å². The lowest BCUT2D eigenvalue weighted by Crippen LogP contribution is -2.05. The summed E-state index contributed by atoms with van der Waals surface area (Å²) >= 11 is 0. The molecule has 5 rings (SSSR count). The van der Waals surface area contributed by atoms with Crippen LogP contribution in [0, 0.1) is 0 Å². The monoisotopic (exact) mass is 616 g/mol. The maximum atomic E-state index is 12.0. The highest BCUT2D eigenvalue weighted by molar-refractivity contribution is 8.14. The summed E-state index contributed by atoms with van der Waals surface area (Å²) in [6.07, 6.45) is 0. The van der Waals surface area contributed by atoms with Gasteiger partial charge in [-0.05, 0) is 58.7 Å². The summed E-state index contributed by atoms with van der Waals surface area (Å²) in [5.74, 6) is -2.71. The summed E-state index contributed by atoms with van der Waals surface area (Å²) in [4.78, 5) is 32.2. The van der Waals surface area contributed by atoms with E-state index in [4.69, 9.17) is 21.4 Å². The first kappa shape index (κ1) is 27.5. The maximum absolute atomic E-state index is 12.0. The molecule has 3 aromatic carbocycles. The molecule has 14 heteroatoms. The second-order valence-corrected chi connectivity index (χ2v) is 13.6. The molecule has 2 heterocycles.